The molecule has 27 heavy (non-hydrogen) atoms. The van der Waals surface area contributed by atoms with Crippen LogP contribution < -0.4 is 5.32 Å². The topological polar surface area (TPSA) is 66.5 Å². The summed E-state index contributed by atoms with van der Waals surface area (Å²) < 4.78 is 39.0. The molecule has 1 N–H and O–H groups in total. The molecular formula is C20H23FN2O3S. The summed E-state index contributed by atoms with van der Waals surface area (Å²) in [5, 5.41) is 2.88. The lowest BCUT2D eigenvalue weighted by molar-refractivity contribution is -0.121. The van der Waals surface area contributed by atoms with E-state index in [4.69, 9.17) is 0 Å². The normalized spacial score (nSPS) is 16.0. The highest BCUT2D eigenvalue weighted by Crippen LogP contribution is 2.43. The number of halogens is 1. The Morgan fingerprint density at radius 2 is 1.74 bits per heavy atom. The van der Waals surface area contributed by atoms with Gasteiger partial charge in [0.2, 0.25) is 15.9 Å². The fraction of sp³-hybridized carbons (Fsp3) is 0.350. The highest BCUT2D eigenvalue weighted by molar-refractivity contribution is 7.89. The van der Waals surface area contributed by atoms with Crippen LogP contribution in [0.2, 0.25) is 0 Å². The first kappa shape index (κ1) is 19.5. The van der Waals surface area contributed by atoms with E-state index in [9.17, 15) is 17.6 Å². The van der Waals surface area contributed by atoms with E-state index >= 15 is 0 Å². The molecule has 1 aliphatic carbocycles. The van der Waals surface area contributed by atoms with Gasteiger partial charge in [-0.05, 0) is 42.7 Å². The van der Waals surface area contributed by atoms with Crippen molar-refractivity contribution in [2.45, 2.75) is 29.6 Å². The maximum atomic E-state index is 13.0. The second kappa shape index (κ2) is 7.78. The van der Waals surface area contributed by atoms with Gasteiger partial charge in [0.25, 0.3) is 0 Å². The molecule has 0 aromatic heterocycles. The summed E-state index contributed by atoms with van der Waals surface area (Å²) in [7, 11) is -2.50. The van der Waals surface area contributed by atoms with E-state index < -0.39 is 15.8 Å². The predicted octanol–water partition coefficient (Wildman–Crippen LogP) is 2.68. The lowest BCUT2D eigenvalue weighted by atomic mass is 9.64. The molecule has 0 aliphatic heterocycles. The monoisotopic (exact) mass is 390 g/mol. The average molecular weight is 390 g/mol. The lowest BCUT2D eigenvalue weighted by Gasteiger charge is -2.42. The van der Waals surface area contributed by atoms with Gasteiger partial charge in [-0.3, -0.25) is 4.79 Å². The molecule has 2 aromatic carbocycles. The van der Waals surface area contributed by atoms with Crippen LogP contribution in [0.25, 0.3) is 0 Å². The molecule has 1 fully saturated rings. The van der Waals surface area contributed by atoms with Gasteiger partial charge in [-0.1, -0.05) is 36.8 Å². The van der Waals surface area contributed by atoms with Crippen LogP contribution in [0.4, 0.5) is 4.39 Å². The van der Waals surface area contributed by atoms with Crippen molar-refractivity contribution < 1.29 is 17.6 Å². The summed E-state index contributed by atoms with van der Waals surface area (Å²) in [5.41, 5.74) is 1.13. The smallest absolute Gasteiger partial charge is 0.243 e. The largest absolute Gasteiger partial charge is 0.354 e. The number of sulfonamides is 1. The zero-order valence-electron chi connectivity index (χ0n) is 15.2. The van der Waals surface area contributed by atoms with Gasteiger partial charge in [0, 0.05) is 19.0 Å². The minimum atomic E-state index is -3.84. The van der Waals surface area contributed by atoms with Crippen LogP contribution in [0, 0.1) is 5.82 Å². The third-order valence-corrected chi connectivity index (χ3v) is 7.03. The molecule has 0 heterocycles. The van der Waals surface area contributed by atoms with Gasteiger partial charge in [0.1, 0.15) is 5.82 Å². The van der Waals surface area contributed by atoms with Gasteiger partial charge in [0.15, 0.2) is 0 Å². The Bertz CT molecular complexity index is 895. The number of carbonyl (C=O) groups is 1. The Kier molecular flexibility index (Phi) is 5.62. The van der Waals surface area contributed by atoms with Gasteiger partial charge in [0.05, 0.1) is 11.4 Å². The van der Waals surface area contributed by atoms with Crippen molar-refractivity contribution >= 4 is 15.9 Å². The zero-order chi connectivity index (χ0) is 19.5. The third kappa shape index (κ3) is 4.20. The maximum Gasteiger partial charge on any atom is 0.243 e. The molecule has 1 amide bonds. The highest BCUT2D eigenvalue weighted by atomic mass is 32.2. The number of nitrogens with zero attached hydrogens (tertiary/aromatic N) is 1. The maximum absolute atomic E-state index is 13.0. The molecule has 1 saturated carbocycles. The number of benzene rings is 2. The fourth-order valence-electron chi connectivity index (χ4n) is 3.36. The van der Waals surface area contributed by atoms with E-state index in [0.29, 0.717) is 6.54 Å². The van der Waals surface area contributed by atoms with Crippen LogP contribution in [-0.4, -0.2) is 38.8 Å². The van der Waals surface area contributed by atoms with Crippen LogP contribution in [0.3, 0.4) is 0 Å². The third-order valence-electron chi connectivity index (χ3n) is 5.21. The SMILES string of the molecule is CN(CC(=O)NCC1(c2ccccc2)CCC1)S(=O)(=O)c1ccc(F)cc1. The van der Waals surface area contributed by atoms with Gasteiger partial charge in [-0.2, -0.15) is 4.31 Å². The molecule has 0 unspecified atom stereocenters. The van der Waals surface area contributed by atoms with Crippen LogP contribution in [-0.2, 0) is 20.2 Å². The van der Waals surface area contributed by atoms with Crippen molar-refractivity contribution in [1.82, 2.24) is 9.62 Å². The summed E-state index contributed by atoms with van der Waals surface area (Å²) in [6.45, 7) is 0.199. The Morgan fingerprint density at radius 3 is 2.30 bits per heavy atom. The first-order chi connectivity index (χ1) is 12.8. The Morgan fingerprint density at radius 1 is 1.11 bits per heavy atom. The molecule has 144 valence electrons. The molecule has 3 rings (SSSR count). The predicted molar refractivity (Wildman–Crippen MR) is 101 cm³/mol. The van der Waals surface area contributed by atoms with Gasteiger partial charge < -0.3 is 5.32 Å². The van der Waals surface area contributed by atoms with E-state index in [1.54, 1.807) is 0 Å². The molecule has 7 heteroatoms. The minimum absolute atomic E-state index is 0.0426. The molecule has 0 saturated heterocycles. The molecular weight excluding hydrogens is 367 g/mol. The van der Waals surface area contributed by atoms with E-state index in [2.05, 4.69) is 17.4 Å². The second-order valence-electron chi connectivity index (χ2n) is 6.99. The molecule has 2 aromatic rings. The quantitative estimate of drug-likeness (QED) is 0.790. The number of amides is 1. The van der Waals surface area contributed by atoms with Crippen LogP contribution in [0.5, 0.6) is 0 Å². The molecule has 0 radical (unpaired) electrons. The summed E-state index contributed by atoms with van der Waals surface area (Å²) in [5.74, 6) is -0.869. The second-order valence-corrected chi connectivity index (χ2v) is 9.04. The van der Waals surface area contributed by atoms with Crippen molar-refractivity contribution in [3.8, 4) is 0 Å². The van der Waals surface area contributed by atoms with E-state index in [-0.39, 0.29) is 22.8 Å². The standard InChI is InChI=1S/C20H23FN2O3S/c1-23(27(25,26)18-10-8-17(21)9-11-18)14-19(24)22-15-20(12-5-13-20)16-6-3-2-4-7-16/h2-4,6-11H,5,12-15H2,1H3,(H,22,24). The first-order valence-electron chi connectivity index (χ1n) is 8.88. The minimum Gasteiger partial charge on any atom is -0.354 e. The van der Waals surface area contributed by atoms with Crippen molar-refractivity contribution in [3.05, 3.63) is 66.0 Å². The van der Waals surface area contributed by atoms with E-state index in [0.717, 1.165) is 35.7 Å². The first-order valence-corrected chi connectivity index (χ1v) is 10.3. The van der Waals surface area contributed by atoms with Gasteiger partial charge in [-0.15, -0.1) is 0 Å². The van der Waals surface area contributed by atoms with Crippen LogP contribution in [0.15, 0.2) is 59.5 Å². The lowest BCUT2D eigenvalue weighted by Crippen LogP contribution is -2.48. The van der Waals surface area contributed by atoms with Crippen molar-refractivity contribution in [1.29, 1.82) is 0 Å². The summed E-state index contributed by atoms with van der Waals surface area (Å²) >= 11 is 0. The number of rotatable bonds is 7. The van der Waals surface area contributed by atoms with Gasteiger partial charge >= 0.3 is 0 Å². The Balaban J connectivity index is 1.61. The number of hydrogen-bond acceptors (Lipinski definition) is 3. The zero-order valence-corrected chi connectivity index (χ0v) is 16.0. The number of hydrogen-bond donors (Lipinski definition) is 1. The molecule has 1 aliphatic rings. The van der Waals surface area contributed by atoms with E-state index in [1.165, 1.54) is 24.7 Å². The highest BCUT2D eigenvalue weighted by Gasteiger charge is 2.38. The summed E-state index contributed by atoms with van der Waals surface area (Å²) in [4.78, 5) is 12.3. The molecule has 0 bridgehead atoms. The van der Waals surface area contributed by atoms with Crippen molar-refractivity contribution in [2.75, 3.05) is 20.1 Å². The van der Waals surface area contributed by atoms with Gasteiger partial charge in [-0.25, -0.2) is 12.8 Å². The van der Waals surface area contributed by atoms with Crippen molar-refractivity contribution in [2.24, 2.45) is 0 Å². The van der Waals surface area contributed by atoms with Crippen LogP contribution >= 0.6 is 0 Å². The molecule has 0 atom stereocenters. The molecule has 0 spiro atoms. The fourth-order valence-corrected chi connectivity index (χ4v) is 4.49. The van der Waals surface area contributed by atoms with E-state index in [1.807, 2.05) is 18.2 Å². The Hall–Kier alpha value is -2.25. The number of nitrogens with one attached hydrogen (secondary N) is 1. The molecule has 5 nitrogen and oxygen atoms in total. The number of carbonyl (C=O) groups excluding carboxylic acids is 1. The summed E-state index contributed by atoms with van der Waals surface area (Å²) in [6.07, 6.45) is 3.12. The summed E-state index contributed by atoms with van der Waals surface area (Å²) in [6, 6.07) is 14.6. The average Bonchev–Trinajstić information content (AvgIpc) is 2.62. The Labute approximate surface area is 159 Å². The van der Waals surface area contributed by atoms with Crippen LogP contribution in [0.1, 0.15) is 24.8 Å². The van der Waals surface area contributed by atoms with Crippen molar-refractivity contribution in [3.63, 3.8) is 0 Å². The number of likely N-dealkylation sites (N-methyl/N-ethyl adjacent to an activating group) is 1.